The van der Waals surface area contributed by atoms with Crippen LogP contribution in [0.25, 0.3) is 0 Å². The second kappa shape index (κ2) is 12.5. The summed E-state index contributed by atoms with van der Waals surface area (Å²) in [6, 6.07) is 11.7. The Hall–Kier alpha value is -4.54. The molecular weight excluding hydrogens is 541 g/mol. The zero-order valence-electron chi connectivity index (χ0n) is 24.1. The van der Waals surface area contributed by atoms with Crippen molar-refractivity contribution >= 4 is 17.7 Å². The molecule has 1 aliphatic heterocycles. The minimum Gasteiger partial charge on any atom is -0.451 e. The number of H-pyrrole nitrogens is 1. The van der Waals surface area contributed by atoms with Crippen LogP contribution in [-0.2, 0) is 9.59 Å². The molecule has 4 rings (SSSR count). The largest absolute Gasteiger partial charge is 0.451 e. The normalized spacial score (nSPS) is 17.5. The fourth-order valence-corrected chi connectivity index (χ4v) is 5.86. The number of aryl methyl sites for hydroxylation is 1. The molecule has 10 nitrogen and oxygen atoms in total. The molecule has 3 atom stereocenters. The Balaban J connectivity index is 1.55. The lowest BCUT2D eigenvalue weighted by molar-refractivity contribution is -0.143. The van der Waals surface area contributed by atoms with E-state index in [9.17, 15) is 23.6 Å². The third-order valence-corrected chi connectivity index (χ3v) is 8.22. The molecule has 0 unspecified atom stereocenters. The molecule has 2 aromatic carbocycles. The standard InChI is InChI=1S/C31H36FN5O5/c1-5-31(6-2,30(33)41)26-15-14-24(21-8-7-9-22(32)17-21)37(26)29(40)19(4)34-27(38)20-10-12-23(13-11-20)42-25-16-18(3)35-36-28(25)39/h7-13,16-17,19,24,26H,5-6,14-15H2,1-4H3,(H2,33,41)(H,34,38)(H,36,39)/t19-,24+,26-/m1/s1. The van der Waals surface area contributed by atoms with Crippen LogP contribution < -0.4 is 21.3 Å². The molecule has 0 aliphatic carbocycles. The van der Waals surface area contributed by atoms with E-state index in [-0.39, 0.29) is 17.2 Å². The van der Waals surface area contributed by atoms with Gasteiger partial charge in [-0.2, -0.15) is 5.10 Å². The SMILES string of the molecule is CCC(CC)(C(N)=O)[C@H]1CC[C@@H](c2cccc(F)c2)N1C(=O)[C@@H](C)NC(=O)c1ccc(Oc2cc(C)n[nH]c2=O)cc1. The van der Waals surface area contributed by atoms with Crippen molar-refractivity contribution in [1.29, 1.82) is 0 Å². The molecule has 1 aliphatic rings. The first kappa shape index (κ1) is 30.4. The minimum atomic E-state index is -0.966. The van der Waals surface area contributed by atoms with E-state index in [4.69, 9.17) is 10.5 Å². The predicted molar refractivity (Wildman–Crippen MR) is 154 cm³/mol. The van der Waals surface area contributed by atoms with Crippen LogP contribution in [0.5, 0.6) is 11.5 Å². The molecule has 0 bridgehead atoms. The number of hydrogen-bond donors (Lipinski definition) is 3. The van der Waals surface area contributed by atoms with E-state index in [1.807, 2.05) is 13.8 Å². The van der Waals surface area contributed by atoms with Gasteiger partial charge in [-0.3, -0.25) is 19.2 Å². The number of likely N-dealkylation sites (tertiary alicyclic amines) is 1. The molecule has 1 saturated heterocycles. The van der Waals surface area contributed by atoms with E-state index in [2.05, 4.69) is 15.5 Å². The van der Waals surface area contributed by atoms with E-state index >= 15 is 0 Å². The summed E-state index contributed by atoms with van der Waals surface area (Å²) in [6.07, 6.45) is 1.91. The number of ether oxygens (including phenoxy) is 1. The summed E-state index contributed by atoms with van der Waals surface area (Å²) >= 11 is 0. The highest BCUT2D eigenvalue weighted by Gasteiger charge is 2.51. The van der Waals surface area contributed by atoms with Crippen molar-refractivity contribution in [3.05, 3.63) is 87.6 Å². The summed E-state index contributed by atoms with van der Waals surface area (Å²) in [5.41, 5.74) is 5.93. The Morgan fingerprint density at radius 1 is 1.14 bits per heavy atom. The maximum atomic E-state index is 14.2. The molecule has 1 fully saturated rings. The maximum Gasteiger partial charge on any atom is 0.307 e. The monoisotopic (exact) mass is 577 g/mol. The summed E-state index contributed by atoms with van der Waals surface area (Å²) in [5.74, 6) is -1.39. The summed E-state index contributed by atoms with van der Waals surface area (Å²) in [7, 11) is 0. The van der Waals surface area contributed by atoms with E-state index < -0.39 is 46.7 Å². The van der Waals surface area contributed by atoms with Crippen LogP contribution in [0, 0.1) is 18.2 Å². The van der Waals surface area contributed by atoms with Crippen molar-refractivity contribution in [2.45, 2.75) is 71.5 Å². The van der Waals surface area contributed by atoms with Gasteiger partial charge in [-0.25, -0.2) is 9.49 Å². The van der Waals surface area contributed by atoms with Gasteiger partial charge in [0, 0.05) is 17.7 Å². The summed E-state index contributed by atoms with van der Waals surface area (Å²) in [6.45, 7) is 7.04. The lowest BCUT2D eigenvalue weighted by atomic mass is 9.73. The van der Waals surface area contributed by atoms with Crippen molar-refractivity contribution in [3.63, 3.8) is 0 Å². The summed E-state index contributed by atoms with van der Waals surface area (Å²) < 4.78 is 19.8. The van der Waals surface area contributed by atoms with Gasteiger partial charge in [0.15, 0.2) is 5.75 Å². The highest BCUT2D eigenvalue weighted by atomic mass is 19.1. The number of nitrogens with one attached hydrogen (secondary N) is 2. The van der Waals surface area contributed by atoms with Crippen LogP contribution in [0.1, 0.15) is 74.1 Å². The number of carbonyl (C=O) groups excluding carboxylic acids is 3. The number of benzene rings is 2. The molecular formula is C31H36FN5O5. The van der Waals surface area contributed by atoms with Gasteiger partial charge in [-0.1, -0.05) is 26.0 Å². The molecule has 4 N–H and O–H groups in total. The van der Waals surface area contributed by atoms with Crippen molar-refractivity contribution in [2.75, 3.05) is 0 Å². The minimum absolute atomic E-state index is 0.0677. The van der Waals surface area contributed by atoms with E-state index in [0.717, 1.165) is 0 Å². The molecule has 0 saturated carbocycles. The quantitative estimate of drug-likeness (QED) is 0.330. The van der Waals surface area contributed by atoms with Gasteiger partial charge in [0.1, 0.15) is 17.6 Å². The first-order valence-electron chi connectivity index (χ1n) is 14.0. The lowest BCUT2D eigenvalue weighted by Crippen LogP contribution is -2.57. The second-order valence-corrected chi connectivity index (χ2v) is 10.7. The highest BCUT2D eigenvalue weighted by Crippen LogP contribution is 2.46. The fourth-order valence-electron chi connectivity index (χ4n) is 5.86. The van der Waals surface area contributed by atoms with E-state index in [1.54, 1.807) is 30.9 Å². The third-order valence-electron chi connectivity index (χ3n) is 8.22. The summed E-state index contributed by atoms with van der Waals surface area (Å²) in [5, 5.41) is 8.90. The molecule has 1 aromatic heterocycles. The Bertz CT molecular complexity index is 1520. The van der Waals surface area contributed by atoms with Crippen molar-refractivity contribution in [2.24, 2.45) is 11.1 Å². The number of aromatic nitrogens is 2. The van der Waals surface area contributed by atoms with Gasteiger partial charge < -0.3 is 20.7 Å². The number of nitrogens with zero attached hydrogens (tertiary/aromatic N) is 2. The van der Waals surface area contributed by atoms with Crippen LogP contribution in [-0.4, -0.2) is 44.9 Å². The van der Waals surface area contributed by atoms with Crippen LogP contribution in [0.3, 0.4) is 0 Å². The van der Waals surface area contributed by atoms with E-state index in [1.165, 1.54) is 42.5 Å². The topological polar surface area (TPSA) is 147 Å². The number of primary amides is 1. The molecule has 11 heteroatoms. The lowest BCUT2D eigenvalue weighted by Gasteiger charge is -2.42. The van der Waals surface area contributed by atoms with E-state index in [0.29, 0.717) is 42.7 Å². The molecule has 222 valence electrons. The van der Waals surface area contributed by atoms with Gasteiger partial charge in [0.25, 0.3) is 5.91 Å². The number of hydrogen-bond acceptors (Lipinski definition) is 6. The van der Waals surface area contributed by atoms with Crippen molar-refractivity contribution in [1.82, 2.24) is 20.4 Å². The number of nitrogens with two attached hydrogens (primary N) is 1. The Labute approximate surface area is 243 Å². The van der Waals surface area contributed by atoms with Gasteiger partial charge >= 0.3 is 5.56 Å². The predicted octanol–water partition coefficient (Wildman–Crippen LogP) is 4.15. The number of aromatic amines is 1. The fraction of sp³-hybridized carbons (Fsp3) is 0.387. The number of amides is 3. The molecule has 0 spiro atoms. The number of carbonyl (C=O) groups is 3. The van der Waals surface area contributed by atoms with Gasteiger partial charge in [0.2, 0.25) is 11.8 Å². The van der Waals surface area contributed by atoms with Crippen molar-refractivity contribution < 1.29 is 23.5 Å². The Morgan fingerprint density at radius 3 is 2.45 bits per heavy atom. The third kappa shape index (κ3) is 6.05. The van der Waals surface area contributed by atoms with Gasteiger partial charge in [-0.05, 0) is 81.5 Å². The maximum absolute atomic E-state index is 14.2. The van der Waals surface area contributed by atoms with Crippen LogP contribution in [0.2, 0.25) is 0 Å². The second-order valence-electron chi connectivity index (χ2n) is 10.7. The molecule has 3 amide bonds. The molecule has 3 aromatic rings. The zero-order chi connectivity index (χ0) is 30.6. The summed E-state index contributed by atoms with van der Waals surface area (Å²) in [4.78, 5) is 53.5. The zero-order valence-corrected chi connectivity index (χ0v) is 24.1. The van der Waals surface area contributed by atoms with Crippen LogP contribution in [0.4, 0.5) is 4.39 Å². The van der Waals surface area contributed by atoms with Gasteiger partial charge in [0.05, 0.1) is 17.2 Å². The highest BCUT2D eigenvalue weighted by molar-refractivity contribution is 5.97. The first-order chi connectivity index (χ1) is 20.0. The van der Waals surface area contributed by atoms with Crippen LogP contribution >= 0.6 is 0 Å². The number of halogens is 1. The number of rotatable bonds is 10. The Kier molecular flexibility index (Phi) is 9.08. The van der Waals surface area contributed by atoms with Crippen LogP contribution in [0.15, 0.2) is 59.4 Å². The average Bonchev–Trinajstić information content (AvgIpc) is 3.41. The average molecular weight is 578 g/mol. The van der Waals surface area contributed by atoms with Gasteiger partial charge in [-0.15, -0.1) is 0 Å². The molecule has 0 radical (unpaired) electrons. The molecule has 2 heterocycles. The first-order valence-corrected chi connectivity index (χ1v) is 14.0. The van der Waals surface area contributed by atoms with Crippen molar-refractivity contribution in [3.8, 4) is 11.5 Å². The Morgan fingerprint density at radius 2 is 1.83 bits per heavy atom. The smallest absolute Gasteiger partial charge is 0.307 e. The molecule has 42 heavy (non-hydrogen) atoms.